The normalized spacial score (nSPS) is 31.1. The van der Waals surface area contributed by atoms with Crippen LogP contribution in [0.15, 0.2) is 0 Å². The van der Waals surface area contributed by atoms with E-state index >= 15 is 0 Å². The SMILES string of the molecule is O=C(O)[C@@H]1C[C@H]1CC1CCCCN1C(=O)C(F)(F)F. The molecular weight excluding hydrogens is 263 g/mol. The standard InChI is InChI=1S/C12H16F3NO3/c13-12(14,15)11(19)16-4-2-1-3-8(16)5-7-6-9(7)10(17)18/h7-9H,1-6H2,(H,17,18)/t7-,8?,9-/m1/s1. The van der Waals surface area contributed by atoms with Gasteiger partial charge in [0.15, 0.2) is 0 Å². The quantitative estimate of drug-likeness (QED) is 0.860. The first-order chi connectivity index (χ1) is 8.80. The second-order valence-electron chi connectivity index (χ2n) is 5.32. The largest absolute Gasteiger partial charge is 0.481 e. The third-order valence-electron chi connectivity index (χ3n) is 3.95. The zero-order valence-electron chi connectivity index (χ0n) is 10.3. The Labute approximate surface area is 108 Å². The first kappa shape index (κ1) is 14.1. The zero-order valence-corrected chi connectivity index (χ0v) is 10.3. The lowest BCUT2D eigenvalue weighted by atomic mass is 9.96. The van der Waals surface area contributed by atoms with Gasteiger partial charge in [-0.3, -0.25) is 9.59 Å². The van der Waals surface area contributed by atoms with Crippen molar-refractivity contribution in [1.82, 2.24) is 4.90 Å². The number of hydrogen-bond donors (Lipinski definition) is 1. The molecule has 2 rings (SSSR count). The van der Waals surface area contributed by atoms with Crippen LogP contribution in [0.2, 0.25) is 0 Å². The highest BCUT2D eigenvalue weighted by Gasteiger charge is 2.49. The number of likely N-dealkylation sites (tertiary alicyclic amines) is 1. The van der Waals surface area contributed by atoms with Crippen LogP contribution < -0.4 is 0 Å². The minimum Gasteiger partial charge on any atom is -0.481 e. The Bertz CT molecular complexity index is 383. The Morgan fingerprint density at radius 1 is 1.26 bits per heavy atom. The van der Waals surface area contributed by atoms with Gasteiger partial charge in [-0.25, -0.2) is 0 Å². The topological polar surface area (TPSA) is 57.6 Å². The summed E-state index contributed by atoms with van der Waals surface area (Å²) in [5.41, 5.74) is 0. The molecule has 2 aliphatic rings. The number of carbonyl (C=O) groups is 2. The average molecular weight is 279 g/mol. The highest BCUT2D eigenvalue weighted by Crippen LogP contribution is 2.44. The van der Waals surface area contributed by atoms with Crippen LogP contribution in [0.1, 0.15) is 32.1 Å². The maximum atomic E-state index is 12.5. The number of amides is 1. The van der Waals surface area contributed by atoms with E-state index in [0.29, 0.717) is 25.7 Å². The van der Waals surface area contributed by atoms with Crippen molar-refractivity contribution in [1.29, 1.82) is 0 Å². The minimum absolute atomic E-state index is 0.0795. The van der Waals surface area contributed by atoms with E-state index < -0.39 is 30.0 Å². The molecule has 1 heterocycles. The smallest absolute Gasteiger partial charge is 0.471 e. The molecule has 1 saturated carbocycles. The number of aliphatic carboxylic acids is 1. The van der Waals surface area contributed by atoms with E-state index in [9.17, 15) is 22.8 Å². The molecule has 0 spiro atoms. The molecule has 0 aromatic rings. The first-order valence-corrected chi connectivity index (χ1v) is 6.41. The maximum Gasteiger partial charge on any atom is 0.471 e. The fourth-order valence-corrected chi connectivity index (χ4v) is 2.84. The molecule has 4 nitrogen and oxygen atoms in total. The summed E-state index contributed by atoms with van der Waals surface area (Å²) in [6.07, 6.45) is -2.06. The lowest BCUT2D eigenvalue weighted by Crippen LogP contribution is -2.49. The van der Waals surface area contributed by atoms with Gasteiger partial charge >= 0.3 is 18.1 Å². The molecule has 1 amide bonds. The number of halogens is 3. The van der Waals surface area contributed by atoms with Gasteiger partial charge in [0.2, 0.25) is 0 Å². The predicted molar refractivity (Wildman–Crippen MR) is 59.3 cm³/mol. The summed E-state index contributed by atoms with van der Waals surface area (Å²) in [5.74, 6) is -3.20. The number of piperidine rings is 1. The van der Waals surface area contributed by atoms with Crippen molar-refractivity contribution >= 4 is 11.9 Å². The van der Waals surface area contributed by atoms with Crippen LogP contribution in [0, 0.1) is 11.8 Å². The van der Waals surface area contributed by atoms with E-state index in [4.69, 9.17) is 5.11 Å². The highest BCUT2D eigenvalue weighted by atomic mass is 19.4. The van der Waals surface area contributed by atoms with Crippen LogP contribution in [-0.2, 0) is 9.59 Å². The van der Waals surface area contributed by atoms with Gasteiger partial charge in [0, 0.05) is 12.6 Å². The molecule has 0 bridgehead atoms. The van der Waals surface area contributed by atoms with Gasteiger partial charge in [-0.05, 0) is 38.0 Å². The third-order valence-corrected chi connectivity index (χ3v) is 3.95. The monoisotopic (exact) mass is 279 g/mol. The van der Waals surface area contributed by atoms with Gasteiger partial charge in [-0.2, -0.15) is 13.2 Å². The number of carboxylic acid groups (broad SMARTS) is 1. The summed E-state index contributed by atoms with van der Waals surface area (Å²) in [4.78, 5) is 22.9. The van der Waals surface area contributed by atoms with E-state index in [1.54, 1.807) is 0 Å². The number of hydrogen-bond acceptors (Lipinski definition) is 2. The van der Waals surface area contributed by atoms with Crippen molar-refractivity contribution in [3.8, 4) is 0 Å². The highest BCUT2D eigenvalue weighted by molar-refractivity contribution is 5.82. The summed E-state index contributed by atoms with van der Waals surface area (Å²) in [6, 6.07) is -0.461. The second kappa shape index (κ2) is 5.02. The number of carbonyl (C=O) groups excluding carboxylic acids is 1. The van der Waals surface area contributed by atoms with Crippen molar-refractivity contribution in [2.75, 3.05) is 6.54 Å². The zero-order chi connectivity index (χ0) is 14.2. The van der Waals surface area contributed by atoms with Crippen molar-refractivity contribution in [3.63, 3.8) is 0 Å². The van der Waals surface area contributed by atoms with Gasteiger partial charge in [0.25, 0.3) is 0 Å². The number of rotatable bonds is 3. The summed E-state index contributed by atoms with van der Waals surface area (Å²) >= 11 is 0. The van der Waals surface area contributed by atoms with Crippen LogP contribution in [0.5, 0.6) is 0 Å². The van der Waals surface area contributed by atoms with Crippen molar-refractivity contribution in [3.05, 3.63) is 0 Å². The second-order valence-corrected chi connectivity index (χ2v) is 5.32. The van der Waals surface area contributed by atoms with E-state index in [1.165, 1.54) is 0 Å². The van der Waals surface area contributed by atoms with Gasteiger partial charge in [-0.1, -0.05) is 0 Å². The van der Waals surface area contributed by atoms with Gasteiger partial charge in [0.05, 0.1) is 5.92 Å². The van der Waals surface area contributed by atoms with Crippen LogP contribution >= 0.6 is 0 Å². The molecule has 0 radical (unpaired) electrons. The van der Waals surface area contributed by atoms with Crippen molar-refractivity contribution < 1.29 is 27.9 Å². The molecule has 108 valence electrons. The Hall–Kier alpha value is -1.27. The molecule has 1 aliphatic carbocycles. The summed E-state index contributed by atoms with van der Waals surface area (Å²) < 4.78 is 37.4. The van der Waals surface area contributed by atoms with E-state index in [1.807, 2.05) is 0 Å². The maximum absolute atomic E-state index is 12.5. The van der Waals surface area contributed by atoms with Crippen LogP contribution in [-0.4, -0.2) is 40.6 Å². The molecule has 0 aromatic carbocycles. The molecule has 0 aromatic heterocycles. The van der Waals surface area contributed by atoms with E-state index in [2.05, 4.69) is 0 Å². The Kier molecular flexibility index (Phi) is 3.73. The molecule has 7 heteroatoms. The summed E-state index contributed by atoms with van der Waals surface area (Å²) in [7, 11) is 0. The van der Waals surface area contributed by atoms with Crippen molar-refractivity contribution in [2.45, 2.75) is 44.3 Å². The van der Waals surface area contributed by atoms with Gasteiger partial charge in [-0.15, -0.1) is 0 Å². The van der Waals surface area contributed by atoms with Crippen molar-refractivity contribution in [2.24, 2.45) is 11.8 Å². The summed E-state index contributed by atoms with van der Waals surface area (Å²) in [6.45, 7) is 0.119. The number of alkyl halides is 3. The predicted octanol–water partition coefficient (Wildman–Crippen LogP) is 2.04. The van der Waals surface area contributed by atoms with E-state index in [0.717, 1.165) is 11.3 Å². The summed E-state index contributed by atoms with van der Waals surface area (Å²) in [5, 5.41) is 8.80. The van der Waals surface area contributed by atoms with Gasteiger partial charge < -0.3 is 10.0 Å². The lowest BCUT2D eigenvalue weighted by molar-refractivity contribution is -0.189. The van der Waals surface area contributed by atoms with Crippen LogP contribution in [0.3, 0.4) is 0 Å². The molecule has 1 saturated heterocycles. The minimum atomic E-state index is -4.84. The first-order valence-electron chi connectivity index (χ1n) is 6.41. The Balaban J connectivity index is 1.97. The molecule has 1 aliphatic heterocycles. The molecule has 1 unspecified atom stereocenters. The Morgan fingerprint density at radius 2 is 1.95 bits per heavy atom. The lowest BCUT2D eigenvalue weighted by Gasteiger charge is -2.36. The Morgan fingerprint density at radius 3 is 2.47 bits per heavy atom. The molecule has 1 N–H and O–H groups in total. The fourth-order valence-electron chi connectivity index (χ4n) is 2.84. The molecular formula is C12H16F3NO3. The molecule has 19 heavy (non-hydrogen) atoms. The van der Waals surface area contributed by atoms with E-state index in [-0.39, 0.29) is 12.5 Å². The van der Waals surface area contributed by atoms with Crippen LogP contribution in [0.4, 0.5) is 13.2 Å². The number of nitrogens with zero attached hydrogens (tertiary/aromatic N) is 1. The number of carboxylic acids is 1. The average Bonchev–Trinajstić information content (AvgIpc) is 3.07. The molecule has 3 atom stereocenters. The third kappa shape index (κ3) is 3.19. The fraction of sp³-hybridized carbons (Fsp3) is 0.833. The molecule has 2 fully saturated rings. The van der Waals surface area contributed by atoms with Crippen LogP contribution in [0.25, 0.3) is 0 Å². The van der Waals surface area contributed by atoms with Gasteiger partial charge in [0.1, 0.15) is 0 Å².